The van der Waals surface area contributed by atoms with Crippen LogP contribution >= 0.6 is 0 Å². The van der Waals surface area contributed by atoms with E-state index in [4.69, 9.17) is 0 Å². The molecule has 0 aliphatic carbocycles. The van der Waals surface area contributed by atoms with Crippen LogP contribution in [0.25, 0.3) is 0 Å². The van der Waals surface area contributed by atoms with Crippen molar-refractivity contribution in [2.24, 2.45) is 5.41 Å². The number of hydrogen-bond donors (Lipinski definition) is 3. The molecular formula is C16H22N2O3. The maximum Gasteiger partial charge on any atom is 0.330 e. The number of rotatable bonds is 5. The van der Waals surface area contributed by atoms with Crippen molar-refractivity contribution < 1.29 is 14.7 Å². The van der Waals surface area contributed by atoms with Crippen LogP contribution in [0.4, 0.5) is 0 Å². The second-order valence-corrected chi connectivity index (χ2v) is 5.54. The highest BCUT2D eigenvalue weighted by Gasteiger charge is 2.39. The standard InChI is InChI=1S/C16H22N2O3/c1-2-16(8-10-17-11-9-16)15(21)18-13(14(19)20)12-6-4-3-5-7-12/h3-7,13,17H,2,8-11H2,1H3,(H,18,21)(H,19,20). The van der Waals surface area contributed by atoms with Gasteiger partial charge in [-0.25, -0.2) is 4.79 Å². The molecule has 1 fully saturated rings. The first kappa shape index (κ1) is 15.5. The number of carboxylic acid groups (broad SMARTS) is 1. The molecule has 1 aromatic carbocycles. The molecule has 3 N–H and O–H groups in total. The Balaban J connectivity index is 2.16. The summed E-state index contributed by atoms with van der Waals surface area (Å²) in [5.41, 5.74) is 0.145. The van der Waals surface area contributed by atoms with E-state index in [1.54, 1.807) is 24.3 Å². The van der Waals surface area contributed by atoms with Gasteiger partial charge in [0.2, 0.25) is 5.91 Å². The largest absolute Gasteiger partial charge is 0.479 e. The molecule has 2 rings (SSSR count). The first-order valence-corrected chi connectivity index (χ1v) is 7.38. The third-order valence-electron chi connectivity index (χ3n) is 4.37. The second-order valence-electron chi connectivity index (χ2n) is 5.54. The predicted octanol–water partition coefficient (Wildman–Crippen LogP) is 1.71. The fourth-order valence-electron chi connectivity index (χ4n) is 2.86. The molecule has 1 aliphatic heterocycles. The van der Waals surface area contributed by atoms with Gasteiger partial charge in [0.15, 0.2) is 6.04 Å². The molecule has 0 radical (unpaired) electrons. The Morgan fingerprint density at radius 2 is 1.90 bits per heavy atom. The molecule has 0 spiro atoms. The minimum absolute atomic E-state index is 0.150. The zero-order chi connectivity index (χ0) is 15.3. The van der Waals surface area contributed by atoms with E-state index >= 15 is 0 Å². The lowest BCUT2D eigenvalue weighted by Crippen LogP contribution is -2.49. The lowest BCUT2D eigenvalue weighted by atomic mass is 9.75. The molecule has 5 heteroatoms. The van der Waals surface area contributed by atoms with Crippen LogP contribution < -0.4 is 10.6 Å². The fourth-order valence-corrected chi connectivity index (χ4v) is 2.86. The summed E-state index contributed by atoms with van der Waals surface area (Å²) in [4.78, 5) is 24.1. The van der Waals surface area contributed by atoms with Gasteiger partial charge in [0, 0.05) is 0 Å². The summed E-state index contributed by atoms with van der Waals surface area (Å²) in [6.45, 7) is 3.58. The number of carbonyl (C=O) groups is 2. The van der Waals surface area contributed by atoms with Crippen molar-refractivity contribution in [3.05, 3.63) is 35.9 Å². The summed E-state index contributed by atoms with van der Waals surface area (Å²) >= 11 is 0. The number of aliphatic carboxylic acids is 1. The van der Waals surface area contributed by atoms with Crippen molar-refractivity contribution in [2.45, 2.75) is 32.2 Å². The van der Waals surface area contributed by atoms with Crippen LogP contribution in [-0.2, 0) is 9.59 Å². The van der Waals surface area contributed by atoms with E-state index in [0.717, 1.165) is 32.4 Å². The highest BCUT2D eigenvalue weighted by molar-refractivity contribution is 5.88. The van der Waals surface area contributed by atoms with Gasteiger partial charge in [-0.05, 0) is 37.9 Å². The molecule has 1 unspecified atom stereocenters. The van der Waals surface area contributed by atoms with E-state index in [1.807, 2.05) is 13.0 Å². The molecular weight excluding hydrogens is 268 g/mol. The Morgan fingerprint density at radius 1 is 1.29 bits per heavy atom. The van der Waals surface area contributed by atoms with Gasteiger partial charge in [-0.2, -0.15) is 0 Å². The molecule has 1 atom stereocenters. The highest BCUT2D eigenvalue weighted by Crippen LogP contribution is 2.33. The van der Waals surface area contributed by atoms with E-state index in [0.29, 0.717) is 5.56 Å². The minimum atomic E-state index is -1.03. The van der Waals surface area contributed by atoms with Gasteiger partial charge in [-0.15, -0.1) is 0 Å². The quantitative estimate of drug-likeness (QED) is 0.771. The van der Waals surface area contributed by atoms with Crippen LogP contribution in [0.5, 0.6) is 0 Å². The average molecular weight is 290 g/mol. The molecule has 1 aliphatic rings. The number of amides is 1. The molecule has 1 saturated heterocycles. The topological polar surface area (TPSA) is 78.4 Å². The van der Waals surface area contributed by atoms with Crippen LogP contribution in [0.1, 0.15) is 37.8 Å². The smallest absolute Gasteiger partial charge is 0.330 e. The normalized spacial score (nSPS) is 18.7. The van der Waals surface area contributed by atoms with Crippen LogP contribution in [0, 0.1) is 5.41 Å². The Morgan fingerprint density at radius 3 is 2.43 bits per heavy atom. The molecule has 21 heavy (non-hydrogen) atoms. The minimum Gasteiger partial charge on any atom is -0.479 e. The van der Waals surface area contributed by atoms with E-state index in [-0.39, 0.29) is 5.91 Å². The van der Waals surface area contributed by atoms with Crippen LogP contribution in [0.15, 0.2) is 30.3 Å². The molecule has 0 bridgehead atoms. The number of nitrogens with one attached hydrogen (secondary N) is 2. The zero-order valence-corrected chi connectivity index (χ0v) is 12.3. The van der Waals surface area contributed by atoms with Gasteiger partial charge in [0.05, 0.1) is 5.41 Å². The summed E-state index contributed by atoms with van der Waals surface area (Å²) in [6, 6.07) is 7.83. The average Bonchev–Trinajstić information content (AvgIpc) is 2.53. The second kappa shape index (κ2) is 6.72. The lowest BCUT2D eigenvalue weighted by Gasteiger charge is -2.36. The Bertz CT molecular complexity index is 496. The van der Waals surface area contributed by atoms with Crippen molar-refractivity contribution in [3.8, 4) is 0 Å². The van der Waals surface area contributed by atoms with Gasteiger partial charge < -0.3 is 15.7 Å². The Kier molecular flexibility index (Phi) is 4.96. The maximum atomic E-state index is 12.6. The SMILES string of the molecule is CCC1(C(=O)NC(C(=O)O)c2ccccc2)CCNCC1. The number of carbonyl (C=O) groups excluding carboxylic acids is 1. The van der Waals surface area contributed by atoms with Gasteiger partial charge in [0.25, 0.3) is 0 Å². The number of hydrogen-bond acceptors (Lipinski definition) is 3. The van der Waals surface area contributed by atoms with E-state index in [1.165, 1.54) is 0 Å². The van der Waals surface area contributed by atoms with Crippen LogP contribution in [-0.4, -0.2) is 30.1 Å². The van der Waals surface area contributed by atoms with Crippen LogP contribution in [0.2, 0.25) is 0 Å². The predicted molar refractivity (Wildman–Crippen MR) is 79.8 cm³/mol. The highest BCUT2D eigenvalue weighted by atomic mass is 16.4. The first-order chi connectivity index (χ1) is 10.1. The van der Waals surface area contributed by atoms with Gasteiger partial charge in [-0.1, -0.05) is 37.3 Å². The molecule has 1 heterocycles. The molecule has 0 saturated carbocycles. The molecule has 1 aromatic rings. The fraction of sp³-hybridized carbons (Fsp3) is 0.500. The van der Waals surface area contributed by atoms with Gasteiger partial charge >= 0.3 is 5.97 Å². The van der Waals surface area contributed by atoms with Crippen molar-refractivity contribution in [1.82, 2.24) is 10.6 Å². The monoisotopic (exact) mass is 290 g/mol. The third-order valence-corrected chi connectivity index (χ3v) is 4.37. The number of piperidine rings is 1. The van der Waals surface area contributed by atoms with E-state index < -0.39 is 17.4 Å². The number of benzene rings is 1. The van der Waals surface area contributed by atoms with Crippen molar-refractivity contribution in [3.63, 3.8) is 0 Å². The molecule has 5 nitrogen and oxygen atoms in total. The summed E-state index contributed by atoms with van der Waals surface area (Å²) < 4.78 is 0. The first-order valence-electron chi connectivity index (χ1n) is 7.38. The maximum absolute atomic E-state index is 12.6. The van der Waals surface area contributed by atoms with Crippen molar-refractivity contribution in [1.29, 1.82) is 0 Å². The lowest BCUT2D eigenvalue weighted by molar-refractivity contribution is -0.144. The summed E-state index contributed by atoms with van der Waals surface area (Å²) in [6.07, 6.45) is 2.22. The van der Waals surface area contributed by atoms with Crippen molar-refractivity contribution in [2.75, 3.05) is 13.1 Å². The van der Waals surface area contributed by atoms with Gasteiger partial charge in [0.1, 0.15) is 0 Å². The summed E-state index contributed by atoms with van der Waals surface area (Å²) in [7, 11) is 0. The van der Waals surface area contributed by atoms with E-state index in [9.17, 15) is 14.7 Å². The van der Waals surface area contributed by atoms with E-state index in [2.05, 4.69) is 10.6 Å². The molecule has 114 valence electrons. The summed E-state index contributed by atoms with van der Waals surface area (Å²) in [5.74, 6) is -1.18. The van der Waals surface area contributed by atoms with Crippen LogP contribution in [0.3, 0.4) is 0 Å². The zero-order valence-electron chi connectivity index (χ0n) is 12.3. The Labute approximate surface area is 124 Å². The molecule has 0 aromatic heterocycles. The third kappa shape index (κ3) is 3.42. The van der Waals surface area contributed by atoms with Crippen molar-refractivity contribution >= 4 is 11.9 Å². The summed E-state index contributed by atoms with van der Waals surface area (Å²) in [5, 5.41) is 15.4. The molecule has 1 amide bonds. The van der Waals surface area contributed by atoms with Gasteiger partial charge in [-0.3, -0.25) is 4.79 Å². The number of carboxylic acids is 1. The Hall–Kier alpha value is -1.88.